The lowest BCUT2D eigenvalue weighted by molar-refractivity contribution is -0.117. The fourth-order valence-electron chi connectivity index (χ4n) is 2.65. The molecule has 1 aliphatic rings. The smallest absolute Gasteiger partial charge is 0.338 e. The van der Waals surface area contributed by atoms with Gasteiger partial charge in [0.1, 0.15) is 0 Å². The van der Waals surface area contributed by atoms with Crippen LogP contribution in [0.25, 0.3) is 0 Å². The van der Waals surface area contributed by atoms with E-state index in [2.05, 4.69) is 10.6 Å². The zero-order chi connectivity index (χ0) is 21.3. The van der Waals surface area contributed by atoms with Crippen molar-refractivity contribution in [3.8, 4) is 0 Å². The van der Waals surface area contributed by atoms with Crippen LogP contribution in [0.4, 0.5) is 11.4 Å². The molecule has 1 saturated carbocycles. The Hall–Kier alpha value is -2.80. The molecule has 0 aromatic heterocycles. The summed E-state index contributed by atoms with van der Waals surface area (Å²) in [6.07, 6.45) is 3.76. The number of carbonyl (C=O) groups excluding carboxylic acids is 3. The van der Waals surface area contributed by atoms with E-state index in [0.717, 1.165) is 36.3 Å². The number of amides is 2. The quantitative estimate of drug-likeness (QED) is 0.326. The van der Waals surface area contributed by atoms with Gasteiger partial charge in [-0.15, -0.1) is 11.8 Å². The summed E-state index contributed by atoms with van der Waals surface area (Å²) in [5.41, 5.74) is 1.87. The second kappa shape index (κ2) is 10.8. The van der Waals surface area contributed by atoms with Crippen LogP contribution in [0.2, 0.25) is 0 Å². The standard InChI is InChI=1S/C23H26N2O4S/c1-2-3-14-29-23(28)17-6-8-18(9-7-17)24-21(26)15-30-20-12-10-19(11-13-20)25-22(27)16-4-5-16/h6-13,16H,2-5,14-15H2,1H3,(H,24,26)(H,25,27). The molecule has 1 aliphatic carbocycles. The fourth-order valence-corrected chi connectivity index (χ4v) is 3.35. The van der Waals surface area contributed by atoms with Gasteiger partial charge >= 0.3 is 5.97 Å². The van der Waals surface area contributed by atoms with E-state index >= 15 is 0 Å². The molecule has 30 heavy (non-hydrogen) atoms. The molecule has 0 heterocycles. The maximum absolute atomic E-state index is 12.2. The van der Waals surface area contributed by atoms with E-state index in [1.54, 1.807) is 24.3 Å². The van der Waals surface area contributed by atoms with E-state index in [0.29, 0.717) is 17.9 Å². The predicted molar refractivity (Wildman–Crippen MR) is 119 cm³/mol. The van der Waals surface area contributed by atoms with Crippen LogP contribution in [0.1, 0.15) is 43.0 Å². The van der Waals surface area contributed by atoms with Crippen LogP contribution in [0.5, 0.6) is 0 Å². The molecule has 0 radical (unpaired) electrons. The zero-order valence-corrected chi connectivity index (χ0v) is 17.8. The van der Waals surface area contributed by atoms with Gasteiger partial charge < -0.3 is 15.4 Å². The summed E-state index contributed by atoms with van der Waals surface area (Å²) in [6, 6.07) is 14.1. The summed E-state index contributed by atoms with van der Waals surface area (Å²) in [6.45, 7) is 2.45. The molecule has 0 bridgehead atoms. The number of thioether (sulfide) groups is 1. The predicted octanol–water partition coefficient (Wildman–Crippen LogP) is 4.72. The Morgan fingerprint density at radius 1 is 0.967 bits per heavy atom. The van der Waals surface area contributed by atoms with E-state index < -0.39 is 0 Å². The number of rotatable bonds is 10. The highest BCUT2D eigenvalue weighted by molar-refractivity contribution is 8.00. The van der Waals surface area contributed by atoms with Crippen LogP contribution < -0.4 is 10.6 Å². The lowest BCUT2D eigenvalue weighted by atomic mass is 10.2. The highest BCUT2D eigenvalue weighted by Gasteiger charge is 2.29. The van der Waals surface area contributed by atoms with Crippen LogP contribution in [-0.2, 0) is 14.3 Å². The third-order valence-electron chi connectivity index (χ3n) is 4.58. The van der Waals surface area contributed by atoms with Crippen LogP contribution in [0.3, 0.4) is 0 Å². The van der Waals surface area contributed by atoms with Crippen LogP contribution in [0.15, 0.2) is 53.4 Å². The molecule has 2 aromatic rings. The van der Waals surface area contributed by atoms with Gasteiger partial charge in [0.25, 0.3) is 0 Å². The lowest BCUT2D eigenvalue weighted by Gasteiger charge is -2.08. The first-order valence-corrected chi connectivity index (χ1v) is 11.1. The minimum atomic E-state index is -0.353. The third kappa shape index (κ3) is 6.91. The molecular weight excluding hydrogens is 400 g/mol. The number of anilines is 2. The molecule has 0 spiro atoms. The lowest BCUT2D eigenvalue weighted by Crippen LogP contribution is -2.14. The topological polar surface area (TPSA) is 84.5 Å². The Kier molecular flexibility index (Phi) is 7.90. The molecule has 0 atom stereocenters. The van der Waals surface area contributed by atoms with E-state index in [4.69, 9.17) is 4.74 Å². The fraction of sp³-hybridized carbons (Fsp3) is 0.348. The van der Waals surface area contributed by atoms with E-state index in [1.807, 2.05) is 31.2 Å². The van der Waals surface area contributed by atoms with Crippen molar-refractivity contribution in [3.63, 3.8) is 0 Å². The van der Waals surface area contributed by atoms with Crippen LogP contribution in [0, 0.1) is 5.92 Å². The van der Waals surface area contributed by atoms with E-state index in [-0.39, 0.29) is 29.5 Å². The molecular formula is C23H26N2O4S. The summed E-state index contributed by atoms with van der Waals surface area (Å²) in [5.74, 6) is 0.0192. The number of ether oxygens (including phenoxy) is 1. The second-order valence-electron chi connectivity index (χ2n) is 7.19. The van der Waals surface area contributed by atoms with Gasteiger partial charge in [-0.05, 0) is 67.8 Å². The highest BCUT2D eigenvalue weighted by Crippen LogP contribution is 2.30. The van der Waals surface area contributed by atoms with Crippen molar-refractivity contribution in [3.05, 3.63) is 54.1 Å². The number of unbranched alkanes of at least 4 members (excludes halogenated alkanes) is 1. The van der Waals surface area contributed by atoms with Gasteiger partial charge in [-0.3, -0.25) is 9.59 Å². The summed E-state index contributed by atoms with van der Waals surface area (Å²) >= 11 is 1.41. The van der Waals surface area contributed by atoms with Crippen molar-refractivity contribution in [2.45, 2.75) is 37.5 Å². The Morgan fingerprint density at radius 2 is 1.60 bits per heavy atom. The second-order valence-corrected chi connectivity index (χ2v) is 8.24. The molecule has 2 amide bonds. The van der Waals surface area contributed by atoms with Crippen molar-refractivity contribution < 1.29 is 19.1 Å². The van der Waals surface area contributed by atoms with Gasteiger partial charge in [-0.2, -0.15) is 0 Å². The van der Waals surface area contributed by atoms with Gasteiger partial charge in [-0.25, -0.2) is 4.79 Å². The largest absolute Gasteiger partial charge is 0.462 e. The minimum Gasteiger partial charge on any atom is -0.462 e. The zero-order valence-electron chi connectivity index (χ0n) is 17.0. The molecule has 2 N–H and O–H groups in total. The Labute approximate surface area is 180 Å². The van der Waals surface area contributed by atoms with Crippen molar-refractivity contribution in [1.82, 2.24) is 0 Å². The molecule has 0 aliphatic heterocycles. The maximum Gasteiger partial charge on any atom is 0.338 e. The molecule has 2 aromatic carbocycles. The minimum absolute atomic E-state index is 0.0787. The number of nitrogens with one attached hydrogen (secondary N) is 2. The van der Waals surface area contributed by atoms with Gasteiger partial charge in [0, 0.05) is 22.2 Å². The SMILES string of the molecule is CCCCOC(=O)c1ccc(NC(=O)CSc2ccc(NC(=O)C3CC3)cc2)cc1. The highest BCUT2D eigenvalue weighted by atomic mass is 32.2. The van der Waals surface area contributed by atoms with Crippen LogP contribution in [-0.4, -0.2) is 30.1 Å². The van der Waals surface area contributed by atoms with Gasteiger partial charge in [-0.1, -0.05) is 13.3 Å². The summed E-state index contributed by atoms with van der Waals surface area (Å²) in [4.78, 5) is 36.8. The molecule has 3 rings (SSSR count). The van der Waals surface area contributed by atoms with E-state index in [1.165, 1.54) is 11.8 Å². The third-order valence-corrected chi connectivity index (χ3v) is 5.59. The number of hydrogen-bond acceptors (Lipinski definition) is 5. The molecule has 1 fully saturated rings. The maximum atomic E-state index is 12.2. The Balaban J connectivity index is 1.41. The molecule has 6 nitrogen and oxygen atoms in total. The summed E-state index contributed by atoms with van der Waals surface area (Å²) in [7, 11) is 0. The van der Waals surface area contributed by atoms with Gasteiger partial charge in [0.15, 0.2) is 0 Å². The van der Waals surface area contributed by atoms with Gasteiger partial charge in [0.2, 0.25) is 11.8 Å². The van der Waals surface area contributed by atoms with Gasteiger partial charge in [0.05, 0.1) is 17.9 Å². The first kappa shape index (κ1) is 21.9. The summed E-state index contributed by atoms with van der Waals surface area (Å²) < 4.78 is 5.17. The number of hydrogen-bond donors (Lipinski definition) is 2. The van der Waals surface area contributed by atoms with Crippen molar-refractivity contribution in [1.29, 1.82) is 0 Å². The van der Waals surface area contributed by atoms with Crippen LogP contribution >= 0.6 is 11.8 Å². The number of carbonyl (C=O) groups is 3. The Bertz CT molecular complexity index is 877. The molecule has 0 unspecified atom stereocenters. The first-order valence-electron chi connectivity index (χ1n) is 10.2. The van der Waals surface area contributed by atoms with Crippen molar-refractivity contribution in [2.24, 2.45) is 5.92 Å². The molecule has 0 saturated heterocycles. The monoisotopic (exact) mass is 426 g/mol. The Morgan fingerprint density at radius 3 is 2.23 bits per heavy atom. The average Bonchev–Trinajstić information content (AvgIpc) is 3.59. The normalized spacial score (nSPS) is 12.8. The molecule has 7 heteroatoms. The van der Waals surface area contributed by atoms with Crippen molar-refractivity contribution in [2.75, 3.05) is 23.0 Å². The van der Waals surface area contributed by atoms with Crippen molar-refractivity contribution >= 4 is 40.9 Å². The molecule has 158 valence electrons. The average molecular weight is 427 g/mol. The van der Waals surface area contributed by atoms with E-state index in [9.17, 15) is 14.4 Å². The summed E-state index contributed by atoms with van der Waals surface area (Å²) in [5, 5.41) is 5.71. The first-order chi connectivity index (χ1) is 14.5. The number of benzene rings is 2. The number of esters is 1.